The summed E-state index contributed by atoms with van der Waals surface area (Å²) in [4.78, 5) is 0. The Morgan fingerprint density at radius 1 is 0.286 bits per heavy atom. The van der Waals surface area contributed by atoms with Crippen molar-refractivity contribution < 1.29 is 4.74 Å². The van der Waals surface area contributed by atoms with Gasteiger partial charge < -0.3 is 4.74 Å². The fourth-order valence-electron chi connectivity index (χ4n) is 7.92. The zero-order chi connectivity index (χ0) is 32.3. The van der Waals surface area contributed by atoms with E-state index in [1.807, 2.05) is 0 Å². The summed E-state index contributed by atoms with van der Waals surface area (Å²) in [5.74, 6) is 1.82. The van der Waals surface area contributed by atoms with Crippen LogP contribution in [0.5, 0.6) is 11.5 Å². The lowest BCUT2D eigenvalue weighted by atomic mass is 9.82. The molecule has 1 aliphatic heterocycles. The second-order valence-corrected chi connectivity index (χ2v) is 12.8. The third-order valence-electron chi connectivity index (χ3n) is 10.1. The minimum atomic E-state index is 0.908. The summed E-state index contributed by atoms with van der Waals surface area (Å²) in [5.41, 5.74) is 12.0. The molecule has 10 rings (SSSR count). The lowest BCUT2D eigenvalue weighted by Crippen LogP contribution is -2.00. The Balaban J connectivity index is 1.22. The number of para-hydroxylation sites is 1. The molecular weight excluding hydrogens is 593 g/mol. The van der Waals surface area contributed by atoms with Crippen molar-refractivity contribution in [1.29, 1.82) is 0 Å². The van der Waals surface area contributed by atoms with Crippen molar-refractivity contribution in [3.8, 4) is 67.1 Å². The van der Waals surface area contributed by atoms with Crippen LogP contribution in [0.25, 0.3) is 88.0 Å². The van der Waals surface area contributed by atoms with Crippen LogP contribution in [0.1, 0.15) is 0 Å². The highest BCUT2D eigenvalue weighted by molar-refractivity contribution is 6.23. The normalized spacial score (nSPS) is 11.8. The third kappa shape index (κ3) is 4.33. The number of hydrogen-bond donors (Lipinski definition) is 0. The standard InChI is InChI=1S/C48H30O/c1-2-13-31(14-3-1)32-27-29-33(30-28-32)35-17-4-5-18-36(35)46-37-19-6-8-21-39(37)47(40-22-9-7-20-38(40)46)43-25-12-24-42-41-23-10-15-34-16-11-26-44(45(34)41)49-48(42)43/h1-30H. The quantitative estimate of drug-likeness (QED) is 0.177. The molecule has 228 valence electrons. The van der Waals surface area contributed by atoms with E-state index in [-0.39, 0.29) is 0 Å². The van der Waals surface area contributed by atoms with Gasteiger partial charge in [-0.1, -0.05) is 176 Å². The Bertz CT molecular complexity index is 2660. The van der Waals surface area contributed by atoms with Crippen molar-refractivity contribution in [2.24, 2.45) is 0 Å². The Morgan fingerprint density at radius 2 is 0.755 bits per heavy atom. The summed E-state index contributed by atoms with van der Waals surface area (Å²) in [6, 6.07) is 65.6. The van der Waals surface area contributed by atoms with Crippen LogP contribution in [-0.4, -0.2) is 0 Å². The number of fused-ring (bicyclic) bond motifs is 4. The van der Waals surface area contributed by atoms with Crippen LogP contribution in [-0.2, 0) is 0 Å². The van der Waals surface area contributed by atoms with E-state index in [0.717, 1.165) is 22.6 Å². The van der Waals surface area contributed by atoms with Crippen molar-refractivity contribution in [1.82, 2.24) is 0 Å². The molecule has 1 heteroatoms. The van der Waals surface area contributed by atoms with Gasteiger partial charge in [-0.25, -0.2) is 0 Å². The summed E-state index contributed by atoms with van der Waals surface area (Å²) in [7, 11) is 0. The Kier molecular flexibility index (Phi) is 6.25. The van der Waals surface area contributed by atoms with Gasteiger partial charge in [0.2, 0.25) is 0 Å². The average Bonchev–Trinajstić information content (AvgIpc) is 3.17. The van der Waals surface area contributed by atoms with Crippen molar-refractivity contribution in [3.63, 3.8) is 0 Å². The van der Waals surface area contributed by atoms with Gasteiger partial charge in [0.05, 0.1) is 0 Å². The maximum atomic E-state index is 6.87. The van der Waals surface area contributed by atoms with Crippen molar-refractivity contribution in [3.05, 3.63) is 182 Å². The zero-order valence-corrected chi connectivity index (χ0v) is 26.7. The zero-order valence-electron chi connectivity index (χ0n) is 26.7. The van der Waals surface area contributed by atoms with Crippen LogP contribution in [0.15, 0.2) is 182 Å². The third-order valence-corrected chi connectivity index (χ3v) is 10.1. The van der Waals surface area contributed by atoms with Crippen LogP contribution in [0, 0.1) is 0 Å². The first-order chi connectivity index (χ1) is 24.3. The predicted octanol–water partition coefficient (Wildman–Crippen LogP) is 13.6. The molecule has 9 aromatic rings. The molecule has 1 heterocycles. The van der Waals surface area contributed by atoms with Crippen LogP contribution < -0.4 is 4.74 Å². The minimum Gasteiger partial charge on any atom is -0.455 e. The van der Waals surface area contributed by atoms with E-state index in [9.17, 15) is 0 Å². The first-order valence-corrected chi connectivity index (χ1v) is 16.9. The second kappa shape index (κ2) is 11.1. The molecule has 1 aliphatic rings. The van der Waals surface area contributed by atoms with Gasteiger partial charge in [0.25, 0.3) is 0 Å². The van der Waals surface area contributed by atoms with Crippen molar-refractivity contribution in [2.45, 2.75) is 0 Å². The van der Waals surface area contributed by atoms with Crippen molar-refractivity contribution >= 4 is 32.3 Å². The van der Waals surface area contributed by atoms with E-state index >= 15 is 0 Å². The Hall–Kier alpha value is -6.44. The number of rotatable bonds is 4. The van der Waals surface area contributed by atoms with Crippen LogP contribution in [0.3, 0.4) is 0 Å². The molecule has 0 fully saturated rings. The van der Waals surface area contributed by atoms with E-state index in [0.29, 0.717) is 0 Å². The highest BCUT2D eigenvalue weighted by atomic mass is 16.5. The molecule has 0 amide bonds. The molecule has 0 aliphatic carbocycles. The molecule has 9 aromatic carbocycles. The SMILES string of the molecule is c1ccc(-c2ccc(-c3ccccc3-c3c4ccccc4c(-c4cccc5c4Oc4cccc6cccc-5c46)c4ccccc34)cc2)cc1. The Labute approximate surface area is 285 Å². The topological polar surface area (TPSA) is 9.23 Å². The monoisotopic (exact) mass is 622 g/mol. The van der Waals surface area contributed by atoms with Gasteiger partial charge in [0, 0.05) is 22.1 Å². The molecule has 0 spiro atoms. The van der Waals surface area contributed by atoms with Crippen molar-refractivity contribution in [2.75, 3.05) is 0 Å². The van der Waals surface area contributed by atoms with Crippen LogP contribution in [0.2, 0.25) is 0 Å². The molecular formula is C48H30O. The summed E-state index contributed by atoms with van der Waals surface area (Å²) >= 11 is 0. The van der Waals surface area contributed by atoms with E-state index in [4.69, 9.17) is 4.74 Å². The van der Waals surface area contributed by atoms with E-state index in [1.54, 1.807) is 0 Å². The molecule has 0 bridgehead atoms. The minimum absolute atomic E-state index is 0.908. The van der Waals surface area contributed by atoms with Gasteiger partial charge in [-0.15, -0.1) is 0 Å². The maximum Gasteiger partial charge on any atom is 0.143 e. The molecule has 0 saturated carbocycles. The molecule has 0 radical (unpaired) electrons. The van der Waals surface area contributed by atoms with Gasteiger partial charge in [-0.3, -0.25) is 0 Å². The van der Waals surface area contributed by atoms with Gasteiger partial charge in [0.1, 0.15) is 11.5 Å². The van der Waals surface area contributed by atoms with Gasteiger partial charge in [-0.05, 0) is 71.9 Å². The van der Waals surface area contributed by atoms with Gasteiger partial charge in [0.15, 0.2) is 0 Å². The second-order valence-electron chi connectivity index (χ2n) is 12.8. The highest BCUT2D eigenvalue weighted by Gasteiger charge is 2.26. The summed E-state index contributed by atoms with van der Waals surface area (Å²) in [5, 5.41) is 7.23. The first-order valence-electron chi connectivity index (χ1n) is 16.9. The molecule has 0 atom stereocenters. The van der Waals surface area contributed by atoms with E-state index in [2.05, 4.69) is 182 Å². The largest absolute Gasteiger partial charge is 0.455 e. The van der Waals surface area contributed by atoms with E-state index < -0.39 is 0 Å². The fraction of sp³-hybridized carbons (Fsp3) is 0. The van der Waals surface area contributed by atoms with Gasteiger partial charge >= 0.3 is 0 Å². The highest BCUT2D eigenvalue weighted by Crippen LogP contribution is 2.53. The smallest absolute Gasteiger partial charge is 0.143 e. The number of benzene rings is 9. The number of hydrogen-bond acceptors (Lipinski definition) is 1. The van der Waals surface area contributed by atoms with Gasteiger partial charge in [-0.2, -0.15) is 0 Å². The summed E-state index contributed by atoms with van der Waals surface area (Å²) in [6.45, 7) is 0. The Morgan fingerprint density at radius 3 is 1.45 bits per heavy atom. The molecule has 1 nitrogen and oxygen atoms in total. The van der Waals surface area contributed by atoms with Crippen LogP contribution in [0.4, 0.5) is 0 Å². The summed E-state index contributed by atoms with van der Waals surface area (Å²) < 4.78 is 6.87. The lowest BCUT2D eigenvalue weighted by molar-refractivity contribution is 0.489. The molecule has 0 saturated heterocycles. The maximum absolute atomic E-state index is 6.87. The molecule has 49 heavy (non-hydrogen) atoms. The summed E-state index contributed by atoms with van der Waals surface area (Å²) in [6.07, 6.45) is 0. The average molecular weight is 623 g/mol. The lowest BCUT2D eigenvalue weighted by Gasteiger charge is -2.25. The molecule has 0 unspecified atom stereocenters. The first kappa shape index (κ1) is 27.7. The van der Waals surface area contributed by atoms with Crippen LogP contribution >= 0.6 is 0 Å². The number of ether oxygens (including phenoxy) is 1. The van der Waals surface area contributed by atoms with E-state index in [1.165, 1.54) is 76.8 Å². The fourth-order valence-corrected chi connectivity index (χ4v) is 7.92. The molecule has 0 N–H and O–H groups in total. The predicted molar refractivity (Wildman–Crippen MR) is 206 cm³/mol. The molecule has 0 aromatic heterocycles.